The van der Waals surface area contributed by atoms with Gasteiger partial charge in [-0.3, -0.25) is 4.98 Å². The number of likely N-dealkylation sites (N-methyl/N-ethyl adjacent to an activating group) is 1. The predicted molar refractivity (Wildman–Crippen MR) is 100 cm³/mol. The minimum absolute atomic E-state index is 0. The number of halogens is 1. The standard InChI is InChI=1S/C20H25N2O.ClH/c1-3-14-13-22(2)11-9-15(14)12-19(22)20(23)17-8-10-21-18-7-5-4-6-16(17)18;/h3-8,10,14-15,19-20,23H,1,9,11-13H2,2H3;1H/q+1;/t14-,15-,19+,20-,22?;/m0./s1. The highest BCUT2D eigenvalue weighted by atomic mass is 35.5. The predicted octanol–water partition coefficient (Wildman–Crippen LogP) is 3.73. The fourth-order valence-corrected chi connectivity index (χ4v) is 4.88. The Labute approximate surface area is 150 Å². The first-order valence-corrected chi connectivity index (χ1v) is 8.61. The maximum absolute atomic E-state index is 11.2. The van der Waals surface area contributed by atoms with Gasteiger partial charge in [0.05, 0.1) is 25.7 Å². The van der Waals surface area contributed by atoms with Crippen molar-refractivity contribution in [2.75, 3.05) is 20.1 Å². The van der Waals surface area contributed by atoms with Crippen LogP contribution in [-0.2, 0) is 0 Å². The number of benzene rings is 1. The van der Waals surface area contributed by atoms with Gasteiger partial charge in [0.25, 0.3) is 0 Å². The molecule has 2 aromatic rings. The third-order valence-corrected chi connectivity index (χ3v) is 6.26. The lowest BCUT2D eigenvalue weighted by molar-refractivity contribution is -0.956. The second-order valence-corrected chi connectivity index (χ2v) is 7.50. The van der Waals surface area contributed by atoms with Gasteiger partial charge in [-0.2, -0.15) is 0 Å². The summed E-state index contributed by atoms with van der Waals surface area (Å²) in [6, 6.07) is 10.4. The molecular formula is C20H26ClN2O+. The van der Waals surface area contributed by atoms with Crippen LogP contribution in [-0.4, -0.2) is 40.8 Å². The Kier molecular flexibility index (Phi) is 4.69. The number of piperidine rings is 3. The molecular weight excluding hydrogens is 320 g/mol. The van der Waals surface area contributed by atoms with Gasteiger partial charge in [-0.05, 0) is 23.6 Å². The zero-order chi connectivity index (χ0) is 16.0. The SMILES string of the molecule is C=C[C@H]1C[N+]2(C)CC[C@H]1C[C@@H]2[C@@H](O)c1ccnc2ccccc12.Cl. The van der Waals surface area contributed by atoms with Crippen molar-refractivity contribution < 1.29 is 9.59 Å². The topological polar surface area (TPSA) is 33.1 Å². The zero-order valence-electron chi connectivity index (χ0n) is 14.1. The molecule has 1 unspecified atom stereocenters. The summed E-state index contributed by atoms with van der Waals surface area (Å²) in [5.74, 6) is 1.28. The van der Waals surface area contributed by atoms with Gasteiger partial charge >= 0.3 is 0 Å². The van der Waals surface area contributed by atoms with Crippen LogP contribution in [0.3, 0.4) is 0 Å². The number of hydrogen-bond acceptors (Lipinski definition) is 2. The number of rotatable bonds is 3. The van der Waals surface area contributed by atoms with Crippen LogP contribution in [0.2, 0.25) is 0 Å². The Morgan fingerprint density at radius 1 is 1.33 bits per heavy atom. The van der Waals surface area contributed by atoms with E-state index in [9.17, 15) is 5.11 Å². The fourth-order valence-electron chi connectivity index (χ4n) is 4.88. The number of quaternary nitrogens is 1. The molecule has 24 heavy (non-hydrogen) atoms. The van der Waals surface area contributed by atoms with Gasteiger partial charge in [0.1, 0.15) is 12.1 Å². The average Bonchev–Trinajstić information content (AvgIpc) is 2.60. The summed E-state index contributed by atoms with van der Waals surface area (Å²) in [7, 11) is 2.31. The van der Waals surface area contributed by atoms with Crippen molar-refractivity contribution in [2.24, 2.45) is 11.8 Å². The molecule has 3 nitrogen and oxygen atoms in total. The summed E-state index contributed by atoms with van der Waals surface area (Å²) in [4.78, 5) is 4.43. The number of nitrogens with zero attached hydrogens (tertiary/aromatic N) is 2. The molecule has 4 heterocycles. The molecule has 0 amide bonds. The summed E-state index contributed by atoms with van der Waals surface area (Å²) in [6.45, 7) is 6.30. The summed E-state index contributed by atoms with van der Waals surface area (Å²) in [6.07, 6.45) is 5.87. The van der Waals surface area contributed by atoms with Crippen LogP contribution in [0.15, 0.2) is 49.2 Å². The van der Waals surface area contributed by atoms with E-state index in [1.165, 1.54) is 13.0 Å². The lowest BCUT2D eigenvalue weighted by Gasteiger charge is -2.56. The van der Waals surface area contributed by atoms with Crippen LogP contribution in [0.4, 0.5) is 0 Å². The minimum Gasteiger partial charge on any atom is -0.382 e. The van der Waals surface area contributed by atoms with Gasteiger partial charge in [0.2, 0.25) is 0 Å². The molecule has 2 bridgehead atoms. The summed E-state index contributed by atoms with van der Waals surface area (Å²) in [5.41, 5.74) is 1.99. The lowest BCUT2D eigenvalue weighted by Crippen LogP contribution is -2.66. The minimum atomic E-state index is -0.429. The van der Waals surface area contributed by atoms with E-state index in [0.29, 0.717) is 11.8 Å². The second kappa shape index (κ2) is 6.47. The number of aliphatic hydroxyl groups excluding tert-OH is 1. The van der Waals surface area contributed by atoms with Crippen LogP contribution in [0.1, 0.15) is 24.5 Å². The highest BCUT2D eigenvalue weighted by Gasteiger charge is 2.51. The van der Waals surface area contributed by atoms with E-state index in [0.717, 1.165) is 33.9 Å². The molecule has 0 aliphatic carbocycles. The van der Waals surface area contributed by atoms with E-state index in [-0.39, 0.29) is 18.4 Å². The van der Waals surface area contributed by atoms with Gasteiger partial charge in [-0.15, -0.1) is 19.0 Å². The fraction of sp³-hybridized carbons (Fsp3) is 0.450. The number of aromatic nitrogens is 1. The van der Waals surface area contributed by atoms with Gasteiger partial charge in [-0.25, -0.2) is 0 Å². The highest BCUT2D eigenvalue weighted by molar-refractivity contribution is 5.85. The molecule has 0 saturated carbocycles. The number of pyridine rings is 1. The Morgan fingerprint density at radius 3 is 2.88 bits per heavy atom. The van der Waals surface area contributed by atoms with Crippen molar-refractivity contribution >= 4 is 23.3 Å². The van der Waals surface area contributed by atoms with E-state index in [4.69, 9.17) is 0 Å². The molecule has 128 valence electrons. The Hall–Kier alpha value is -1.42. The number of fused-ring (bicyclic) bond motifs is 4. The molecule has 4 heteroatoms. The van der Waals surface area contributed by atoms with Gasteiger partial charge < -0.3 is 9.59 Å². The molecule has 3 saturated heterocycles. The summed E-state index contributed by atoms with van der Waals surface area (Å²) < 4.78 is 0.963. The lowest BCUT2D eigenvalue weighted by atomic mass is 9.72. The summed E-state index contributed by atoms with van der Waals surface area (Å²) >= 11 is 0. The Balaban J connectivity index is 0.00000169. The third-order valence-electron chi connectivity index (χ3n) is 6.26. The number of para-hydroxylation sites is 1. The first-order chi connectivity index (χ1) is 11.1. The first kappa shape index (κ1) is 17.4. The molecule has 3 fully saturated rings. The normalized spacial score (nSPS) is 33.0. The second-order valence-electron chi connectivity index (χ2n) is 7.50. The van der Waals surface area contributed by atoms with E-state index >= 15 is 0 Å². The van der Waals surface area contributed by atoms with Crippen molar-refractivity contribution in [3.8, 4) is 0 Å². The van der Waals surface area contributed by atoms with Gasteiger partial charge in [-0.1, -0.05) is 24.3 Å². The average molecular weight is 346 g/mol. The van der Waals surface area contributed by atoms with Crippen molar-refractivity contribution in [1.82, 2.24) is 4.98 Å². The summed E-state index contributed by atoms with van der Waals surface area (Å²) in [5, 5.41) is 12.3. The van der Waals surface area contributed by atoms with Crippen LogP contribution < -0.4 is 0 Å². The van der Waals surface area contributed by atoms with Crippen LogP contribution >= 0.6 is 12.4 Å². The molecule has 3 aliphatic rings. The van der Waals surface area contributed by atoms with Crippen LogP contribution in [0.25, 0.3) is 10.9 Å². The van der Waals surface area contributed by atoms with Gasteiger partial charge in [0, 0.05) is 30.3 Å². The van der Waals surface area contributed by atoms with Crippen molar-refractivity contribution in [2.45, 2.75) is 25.0 Å². The maximum Gasteiger partial charge on any atom is 0.131 e. The van der Waals surface area contributed by atoms with E-state index in [1.807, 2.05) is 30.5 Å². The van der Waals surface area contributed by atoms with Crippen molar-refractivity contribution in [3.05, 3.63) is 54.7 Å². The third kappa shape index (κ3) is 2.65. The molecule has 3 aliphatic heterocycles. The van der Waals surface area contributed by atoms with Crippen molar-refractivity contribution in [1.29, 1.82) is 0 Å². The number of aliphatic hydroxyl groups is 1. The Morgan fingerprint density at radius 2 is 2.12 bits per heavy atom. The monoisotopic (exact) mass is 345 g/mol. The van der Waals surface area contributed by atoms with Crippen LogP contribution in [0, 0.1) is 11.8 Å². The van der Waals surface area contributed by atoms with Crippen molar-refractivity contribution in [3.63, 3.8) is 0 Å². The smallest absolute Gasteiger partial charge is 0.131 e. The van der Waals surface area contributed by atoms with Gasteiger partial charge in [0.15, 0.2) is 0 Å². The molecule has 1 N–H and O–H groups in total. The van der Waals surface area contributed by atoms with E-state index in [1.54, 1.807) is 0 Å². The maximum atomic E-state index is 11.2. The van der Waals surface area contributed by atoms with E-state index in [2.05, 4.69) is 30.8 Å². The largest absolute Gasteiger partial charge is 0.382 e. The molecule has 0 spiro atoms. The zero-order valence-corrected chi connectivity index (χ0v) is 15.0. The quantitative estimate of drug-likeness (QED) is 0.679. The molecule has 0 radical (unpaired) electrons. The molecule has 5 rings (SSSR count). The molecule has 5 atom stereocenters. The molecule has 1 aromatic carbocycles. The molecule has 1 aromatic heterocycles. The highest BCUT2D eigenvalue weighted by Crippen LogP contribution is 2.45. The van der Waals surface area contributed by atoms with Crippen LogP contribution in [0.5, 0.6) is 0 Å². The first-order valence-electron chi connectivity index (χ1n) is 8.61. The Bertz CT molecular complexity index is 744. The van der Waals surface area contributed by atoms with E-state index < -0.39 is 6.10 Å². The number of hydrogen-bond donors (Lipinski definition) is 1.